The van der Waals surface area contributed by atoms with Crippen LogP contribution in [0.15, 0.2) is 0 Å². The largest absolute Gasteiger partial charge is 0.434 e. The van der Waals surface area contributed by atoms with Crippen molar-refractivity contribution in [2.75, 3.05) is 27.2 Å². The summed E-state index contributed by atoms with van der Waals surface area (Å²) in [6.45, 7) is 5.66. The van der Waals surface area contributed by atoms with Gasteiger partial charge in [0.2, 0.25) is 0 Å². The molecule has 0 bridgehead atoms. The predicted molar refractivity (Wildman–Crippen MR) is 75.9 cm³/mol. The van der Waals surface area contributed by atoms with E-state index in [0.717, 1.165) is 11.3 Å². The third kappa shape index (κ3) is 5.76. The minimum absolute atomic E-state index is 0.229. The van der Waals surface area contributed by atoms with Gasteiger partial charge < -0.3 is 10.2 Å². The molecule has 1 aromatic rings. The first-order chi connectivity index (χ1) is 9.20. The summed E-state index contributed by atoms with van der Waals surface area (Å²) in [6.07, 6.45) is -3.83. The molecule has 116 valence electrons. The summed E-state index contributed by atoms with van der Waals surface area (Å²) >= 11 is 1.16. The summed E-state index contributed by atoms with van der Waals surface area (Å²) in [6, 6.07) is 0. The first-order valence-electron chi connectivity index (χ1n) is 6.61. The van der Waals surface area contributed by atoms with Crippen molar-refractivity contribution in [1.29, 1.82) is 0 Å². The van der Waals surface area contributed by atoms with Crippen molar-refractivity contribution < 1.29 is 13.2 Å². The van der Waals surface area contributed by atoms with E-state index in [1.807, 2.05) is 32.8 Å². The Hall–Kier alpha value is -0.660. The second-order valence-corrected chi connectivity index (χ2v) is 6.62. The number of hydrogen-bond donors (Lipinski definition) is 1. The van der Waals surface area contributed by atoms with Gasteiger partial charge in [-0.2, -0.15) is 13.2 Å². The van der Waals surface area contributed by atoms with Crippen LogP contribution >= 0.6 is 11.3 Å². The van der Waals surface area contributed by atoms with Gasteiger partial charge in [0.1, 0.15) is 0 Å². The maximum Gasteiger partial charge on any atom is 0.434 e. The summed E-state index contributed by atoms with van der Waals surface area (Å²) < 4.78 is 38.9. The lowest BCUT2D eigenvalue weighted by atomic mass is 10.2. The van der Waals surface area contributed by atoms with E-state index in [9.17, 15) is 13.2 Å². The second kappa shape index (κ2) is 7.38. The molecule has 0 unspecified atom stereocenters. The van der Waals surface area contributed by atoms with Gasteiger partial charge in [-0.05, 0) is 26.6 Å². The molecule has 1 aromatic heterocycles. The number of thiazole rings is 1. The van der Waals surface area contributed by atoms with Gasteiger partial charge in [-0.15, -0.1) is 11.3 Å². The van der Waals surface area contributed by atoms with Crippen molar-refractivity contribution in [3.05, 3.63) is 15.6 Å². The fourth-order valence-corrected chi connectivity index (χ4v) is 2.69. The molecule has 0 fully saturated rings. The average molecular weight is 309 g/mol. The molecule has 0 amide bonds. The number of hydrogen-bond acceptors (Lipinski definition) is 4. The normalized spacial score (nSPS) is 12.7. The lowest BCUT2D eigenvalue weighted by Gasteiger charge is -2.08. The van der Waals surface area contributed by atoms with E-state index < -0.39 is 11.9 Å². The van der Waals surface area contributed by atoms with Gasteiger partial charge in [0.05, 0.1) is 9.88 Å². The Kier molecular flexibility index (Phi) is 6.42. The smallest absolute Gasteiger partial charge is 0.312 e. The highest BCUT2D eigenvalue weighted by Crippen LogP contribution is 2.34. The maximum atomic E-state index is 13.0. The standard InChI is InChI=1S/C13H22F3N3S/c1-9(2)7-17-8-10-12(13(14,15)16)18-11(20-10)5-6-19(3)4/h9,17H,5-8H2,1-4H3. The Morgan fingerprint density at radius 3 is 2.45 bits per heavy atom. The molecule has 0 atom stereocenters. The Morgan fingerprint density at radius 2 is 1.95 bits per heavy atom. The molecule has 1 heterocycles. The van der Waals surface area contributed by atoms with Crippen LogP contribution < -0.4 is 5.32 Å². The van der Waals surface area contributed by atoms with Crippen molar-refractivity contribution in [2.45, 2.75) is 33.0 Å². The summed E-state index contributed by atoms with van der Waals surface area (Å²) in [7, 11) is 3.78. The molecule has 20 heavy (non-hydrogen) atoms. The zero-order valence-electron chi connectivity index (χ0n) is 12.3. The van der Waals surface area contributed by atoms with Crippen LogP contribution in [0.5, 0.6) is 0 Å². The first-order valence-corrected chi connectivity index (χ1v) is 7.43. The zero-order chi connectivity index (χ0) is 15.3. The van der Waals surface area contributed by atoms with Crippen molar-refractivity contribution in [2.24, 2.45) is 5.92 Å². The van der Waals surface area contributed by atoms with E-state index in [-0.39, 0.29) is 11.4 Å². The topological polar surface area (TPSA) is 28.2 Å². The third-order valence-corrected chi connectivity index (χ3v) is 3.74. The third-order valence-electron chi connectivity index (χ3n) is 2.62. The molecular formula is C13H22F3N3S. The molecule has 0 aliphatic carbocycles. The summed E-state index contributed by atoms with van der Waals surface area (Å²) in [5.41, 5.74) is -0.729. The number of halogens is 3. The van der Waals surface area contributed by atoms with E-state index in [1.165, 1.54) is 0 Å². The highest BCUT2D eigenvalue weighted by molar-refractivity contribution is 7.11. The van der Waals surface area contributed by atoms with Crippen molar-refractivity contribution in [3.63, 3.8) is 0 Å². The van der Waals surface area contributed by atoms with Gasteiger partial charge in [0.25, 0.3) is 0 Å². The van der Waals surface area contributed by atoms with Crippen molar-refractivity contribution in [1.82, 2.24) is 15.2 Å². The van der Waals surface area contributed by atoms with Gasteiger partial charge in [-0.1, -0.05) is 13.8 Å². The number of alkyl halides is 3. The minimum Gasteiger partial charge on any atom is -0.312 e. The molecule has 0 aromatic carbocycles. The molecule has 0 aliphatic rings. The summed E-state index contributed by atoms with van der Waals surface area (Å²) in [4.78, 5) is 6.00. The van der Waals surface area contributed by atoms with E-state index >= 15 is 0 Å². The Morgan fingerprint density at radius 1 is 1.30 bits per heavy atom. The summed E-state index contributed by atoms with van der Waals surface area (Å²) in [5.74, 6) is 0.408. The van der Waals surface area contributed by atoms with Crippen molar-refractivity contribution in [3.8, 4) is 0 Å². The molecule has 1 N–H and O–H groups in total. The molecule has 0 saturated carbocycles. The molecule has 1 rings (SSSR count). The van der Waals surface area contributed by atoms with Crippen LogP contribution in [-0.4, -0.2) is 37.1 Å². The minimum atomic E-state index is -4.37. The lowest BCUT2D eigenvalue weighted by Crippen LogP contribution is -2.20. The molecule has 0 spiro atoms. The van der Waals surface area contributed by atoms with Crippen LogP contribution in [0.4, 0.5) is 13.2 Å². The second-order valence-electron chi connectivity index (χ2n) is 5.46. The summed E-state index contributed by atoms with van der Waals surface area (Å²) in [5, 5.41) is 3.60. The van der Waals surface area contributed by atoms with E-state index in [0.29, 0.717) is 30.4 Å². The fourth-order valence-electron chi connectivity index (χ4n) is 1.64. The van der Waals surface area contributed by atoms with Crippen LogP contribution in [0, 0.1) is 5.92 Å². The van der Waals surface area contributed by atoms with Crippen LogP contribution in [0.25, 0.3) is 0 Å². The Bertz CT molecular complexity index is 413. The van der Waals surface area contributed by atoms with Gasteiger partial charge in [-0.25, -0.2) is 4.98 Å². The van der Waals surface area contributed by atoms with Crippen LogP contribution in [0.3, 0.4) is 0 Å². The quantitative estimate of drug-likeness (QED) is 0.839. The fraction of sp³-hybridized carbons (Fsp3) is 0.769. The van der Waals surface area contributed by atoms with Gasteiger partial charge >= 0.3 is 6.18 Å². The molecule has 0 aliphatic heterocycles. The van der Waals surface area contributed by atoms with E-state index in [2.05, 4.69) is 10.3 Å². The number of rotatable bonds is 7. The Balaban J connectivity index is 2.78. The van der Waals surface area contributed by atoms with E-state index in [4.69, 9.17) is 0 Å². The van der Waals surface area contributed by atoms with Crippen LogP contribution in [-0.2, 0) is 19.1 Å². The number of likely N-dealkylation sites (N-methyl/N-ethyl adjacent to an activating group) is 1. The van der Waals surface area contributed by atoms with Gasteiger partial charge in [0, 0.05) is 19.5 Å². The van der Waals surface area contributed by atoms with Crippen LogP contribution in [0.2, 0.25) is 0 Å². The highest BCUT2D eigenvalue weighted by Gasteiger charge is 2.37. The maximum absolute atomic E-state index is 13.0. The zero-order valence-corrected chi connectivity index (χ0v) is 13.2. The monoisotopic (exact) mass is 309 g/mol. The SMILES string of the molecule is CC(C)CNCc1sc(CCN(C)C)nc1C(F)(F)F. The molecule has 3 nitrogen and oxygen atoms in total. The van der Waals surface area contributed by atoms with E-state index in [1.54, 1.807) is 0 Å². The molecule has 0 radical (unpaired) electrons. The number of nitrogens with one attached hydrogen (secondary N) is 1. The lowest BCUT2D eigenvalue weighted by molar-refractivity contribution is -0.141. The first kappa shape index (κ1) is 17.4. The highest BCUT2D eigenvalue weighted by atomic mass is 32.1. The number of aromatic nitrogens is 1. The Labute approximate surface area is 122 Å². The van der Waals surface area contributed by atoms with Crippen molar-refractivity contribution >= 4 is 11.3 Å². The molecule has 7 heteroatoms. The van der Waals surface area contributed by atoms with Crippen LogP contribution in [0.1, 0.15) is 29.4 Å². The predicted octanol–water partition coefficient (Wildman–Crippen LogP) is 3.01. The molecule has 0 saturated heterocycles. The average Bonchev–Trinajstić information content (AvgIpc) is 2.69. The number of nitrogens with zero attached hydrogens (tertiary/aromatic N) is 2. The van der Waals surface area contributed by atoms with Gasteiger partial charge in [0.15, 0.2) is 5.69 Å². The molecular weight excluding hydrogens is 287 g/mol. The van der Waals surface area contributed by atoms with Gasteiger partial charge in [-0.3, -0.25) is 0 Å².